The Kier molecular flexibility index (Phi) is 14.6. The predicted molar refractivity (Wildman–Crippen MR) is 215 cm³/mol. The first kappa shape index (κ1) is 45.5. The highest BCUT2D eigenvalue weighted by Crippen LogP contribution is 2.40. The maximum Gasteiger partial charge on any atom is 0.418 e. The molecule has 0 radical (unpaired) electrons. The van der Waals surface area contributed by atoms with Crippen LogP contribution in [0.3, 0.4) is 0 Å². The number of rotatable bonds is 10. The average molecular weight is 880 g/mol. The van der Waals surface area contributed by atoms with Gasteiger partial charge in [-0.25, -0.2) is 0 Å². The number of nitrogens with two attached hydrogens (primary N) is 2. The number of piperazine rings is 2. The molecule has 4 aliphatic rings. The molecule has 4 aliphatic heterocycles. The van der Waals surface area contributed by atoms with Gasteiger partial charge in [0.15, 0.2) is 0 Å². The van der Waals surface area contributed by atoms with Crippen LogP contribution in [0.5, 0.6) is 0 Å². The second kappa shape index (κ2) is 18.9. The molecule has 0 aromatic heterocycles. The molecule has 0 saturated carbocycles. The molecule has 2 atom stereocenters. The Morgan fingerprint density at radius 3 is 1.24 bits per heavy atom. The number of alkyl halides is 6. The van der Waals surface area contributed by atoms with E-state index in [9.17, 15) is 35.9 Å². The van der Waals surface area contributed by atoms with Gasteiger partial charge in [0.2, 0.25) is 0 Å². The molecule has 0 unspecified atom stereocenters. The third kappa shape index (κ3) is 11.3. The SMILES string of the molecule is CN1CCN(C2CCN(C(=O)[C@@H](Cc3cc(Cl)c(N)c(C(F)(F)F)c3)O[C@H](Cc3cc(Cl)c(N)c(C(F)(F)F)c3)C(=O)N3CCC(N4CCN(C)CC4)CC3)CC2)CC1. The molecule has 4 fully saturated rings. The van der Waals surface area contributed by atoms with Crippen molar-refractivity contribution < 1.29 is 40.7 Å². The number of carbonyl (C=O) groups excluding carboxylic acids is 2. The van der Waals surface area contributed by atoms with Crippen LogP contribution >= 0.6 is 23.2 Å². The summed E-state index contributed by atoms with van der Waals surface area (Å²) in [7, 11) is 4.13. The summed E-state index contributed by atoms with van der Waals surface area (Å²) < 4.78 is 91.1. The van der Waals surface area contributed by atoms with Crippen LogP contribution in [0, 0.1) is 0 Å². The van der Waals surface area contributed by atoms with Crippen molar-refractivity contribution in [3.8, 4) is 0 Å². The van der Waals surface area contributed by atoms with Gasteiger partial charge in [-0.15, -0.1) is 0 Å². The van der Waals surface area contributed by atoms with E-state index in [1.165, 1.54) is 12.1 Å². The molecule has 19 heteroatoms. The zero-order valence-electron chi connectivity index (χ0n) is 33.4. The van der Waals surface area contributed by atoms with E-state index in [1.54, 1.807) is 9.80 Å². The van der Waals surface area contributed by atoms with Gasteiger partial charge in [-0.05, 0) is 75.2 Å². The molecule has 59 heavy (non-hydrogen) atoms. The lowest BCUT2D eigenvalue weighted by Gasteiger charge is -2.43. The van der Waals surface area contributed by atoms with E-state index in [4.69, 9.17) is 39.4 Å². The monoisotopic (exact) mass is 878 g/mol. The van der Waals surface area contributed by atoms with Crippen LogP contribution in [-0.4, -0.2) is 158 Å². The van der Waals surface area contributed by atoms with E-state index in [-0.39, 0.29) is 33.3 Å². The molecular formula is C40H54Cl2F6N8O3. The van der Waals surface area contributed by atoms with Crippen molar-refractivity contribution in [2.75, 3.05) is 104 Å². The van der Waals surface area contributed by atoms with E-state index < -0.39 is 71.7 Å². The van der Waals surface area contributed by atoms with Crippen LogP contribution in [0.1, 0.15) is 47.9 Å². The molecule has 2 aromatic carbocycles. The average Bonchev–Trinajstić information content (AvgIpc) is 3.19. The Morgan fingerprint density at radius 2 is 0.932 bits per heavy atom. The van der Waals surface area contributed by atoms with Crippen LogP contribution in [0.25, 0.3) is 0 Å². The van der Waals surface area contributed by atoms with E-state index in [0.717, 1.165) is 64.5 Å². The van der Waals surface area contributed by atoms with Gasteiger partial charge >= 0.3 is 12.4 Å². The number of halogens is 8. The molecule has 328 valence electrons. The molecular weight excluding hydrogens is 825 g/mol. The summed E-state index contributed by atoms with van der Waals surface area (Å²) in [4.78, 5) is 41.6. The fourth-order valence-corrected chi connectivity index (χ4v) is 9.23. The van der Waals surface area contributed by atoms with E-state index >= 15 is 0 Å². The maximum absolute atomic E-state index is 14.6. The highest BCUT2D eigenvalue weighted by atomic mass is 35.5. The highest BCUT2D eigenvalue weighted by molar-refractivity contribution is 6.33. The number of ether oxygens (including phenoxy) is 1. The number of amides is 2. The molecule has 4 saturated heterocycles. The first-order valence-corrected chi connectivity index (χ1v) is 20.9. The van der Waals surface area contributed by atoms with Crippen LogP contribution in [-0.2, 0) is 39.5 Å². The lowest BCUT2D eigenvalue weighted by molar-refractivity contribution is -0.159. The van der Waals surface area contributed by atoms with E-state index in [2.05, 4.69) is 33.7 Å². The first-order valence-electron chi connectivity index (χ1n) is 20.2. The number of carbonyl (C=O) groups is 2. The molecule has 2 aromatic rings. The minimum absolute atomic E-state index is 0.0173. The number of nitrogen functional groups attached to an aromatic ring is 2. The zero-order chi connectivity index (χ0) is 42.8. The number of piperidine rings is 2. The smallest absolute Gasteiger partial charge is 0.397 e. The quantitative estimate of drug-likeness (QED) is 0.246. The van der Waals surface area contributed by atoms with E-state index in [0.29, 0.717) is 51.9 Å². The summed E-state index contributed by atoms with van der Waals surface area (Å²) in [6, 6.07) is 4.53. The number of anilines is 2. The summed E-state index contributed by atoms with van der Waals surface area (Å²) in [6.07, 6.45) is -11.0. The first-order chi connectivity index (χ1) is 27.8. The Morgan fingerprint density at radius 1 is 0.610 bits per heavy atom. The highest BCUT2D eigenvalue weighted by Gasteiger charge is 2.40. The van der Waals surface area contributed by atoms with Crippen molar-refractivity contribution in [2.45, 2.75) is 75.2 Å². The molecule has 0 aliphatic carbocycles. The van der Waals surface area contributed by atoms with Crippen molar-refractivity contribution in [3.63, 3.8) is 0 Å². The van der Waals surface area contributed by atoms with Gasteiger partial charge in [-0.3, -0.25) is 19.4 Å². The molecule has 0 bridgehead atoms. The Balaban J connectivity index is 1.30. The third-order valence-corrected chi connectivity index (χ3v) is 13.0. The van der Waals surface area contributed by atoms with Gasteiger partial charge in [-0.1, -0.05) is 23.2 Å². The number of benzene rings is 2. The molecule has 4 heterocycles. The summed E-state index contributed by atoms with van der Waals surface area (Å²) >= 11 is 12.4. The normalized spacial score (nSPS) is 21.5. The Labute approximate surface area is 351 Å². The largest absolute Gasteiger partial charge is 0.418 e. The van der Waals surface area contributed by atoms with Gasteiger partial charge in [0, 0.05) is 103 Å². The van der Waals surface area contributed by atoms with Gasteiger partial charge in [0.05, 0.1) is 32.5 Å². The molecule has 4 N–H and O–H groups in total. The standard InChI is InChI=1S/C40H54Cl2F6N8O3/c1-51-11-15-53(16-12-51)27-3-7-55(8-4-27)37(57)33(23-25-19-29(39(43,44)45)35(49)31(41)21-25)59-34(24-26-20-30(40(46,47)48)36(50)32(42)22-26)38(58)56-9-5-28(6-10-56)54-17-13-52(2)14-18-54/h19-22,27-28,33-34H,3-18,23-24,49-50H2,1-2H3/t33-,34-/m1/s1. The Bertz CT molecular complexity index is 1660. The maximum atomic E-state index is 14.6. The summed E-state index contributed by atoms with van der Waals surface area (Å²) in [6.45, 7) is 8.61. The van der Waals surface area contributed by atoms with Crippen LogP contribution in [0.15, 0.2) is 24.3 Å². The molecule has 0 spiro atoms. The number of likely N-dealkylation sites (tertiary alicyclic amines) is 2. The van der Waals surface area contributed by atoms with Gasteiger partial charge in [-0.2, -0.15) is 26.3 Å². The number of likely N-dealkylation sites (N-methyl/N-ethyl adjacent to an activating group) is 2. The van der Waals surface area contributed by atoms with Gasteiger partial charge in [0.1, 0.15) is 12.2 Å². The van der Waals surface area contributed by atoms with Crippen molar-refractivity contribution in [1.29, 1.82) is 0 Å². The number of nitrogens with zero attached hydrogens (tertiary/aromatic N) is 6. The van der Waals surface area contributed by atoms with Gasteiger partial charge < -0.3 is 35.8 Å². The molecule has 2 amide bonds. The zero-order valence-corrected chi connectivity index (χ0v) is 34.9. The van der Waals surface area contributed by atoms with Crippen LogP contribution in [0.4, 0.5) is 37.7 Å². The Hall–Kier alpha value is -3.06. The lowest BCUT2D eigenvalue weighted by atomic mass is 9.98. The van der Waals surface area contributed by atoms with Gasteiger partial charge in [0.25, 0.3) is 11.8 Å². The number of hydrogen-bond acceptors (Lipinski definition) is 9. The lowest BCUT2D eigenvalue weighted by Crippen LogP contribution is -2.55. The van der Waals surface area contributed by atoms with Crippen molar-refractivity contribution in [2.24, 2.45) is 0 Å². The summed E-state index contributed by atoms with van der Waals surface area (Å²) in [5.41, 5.74) is 7.69. The minimum atomic E-state index is -4.87. The summed E-state index contributed by atoms with van der Waals surface area (Å²) in [5.74, 6) is -1.11. The second-order valence-corrected chi connectivity index (χ2v) is 17.2. The fraction of sp³-hybridized carbons (Fsp3) is 0.650. The predicted octanol–water partition coefficient (Wildman–Crippen LogP) is 5.21. The minimum Gasteiger partial charge on any atom is -0.397 e. The molecule has 6 rings (SSSR count). The topological polar surface area (TPSA) is 115 Å². The fourth-order valence-electron chi connectivity index (χ4n) is 8.75. The van der Waals surface area contributed by atoms with Crippen molar-refractivity contribution in [3.05, 3.63) is 56.6 Å². The van der Waals surface area contributed by atoms with Crippen LogP contribution < -0.4 is 11.5 Å². The van der Waals surface area contributed by atoms with Crippen molar-refractivity contribution >= 4 is 46.4 Å². The number of hydrogen-bond donors (Lipinski definition) is 2. The van der Waals surface area contributed by atoms with Crippen LogP contribution in [0.2, 0.25) is 10.0 Å². The second-order valence-electron chi connectivity index (χ2n) is 16.4. The summed E-state index contributed by atoms with van der Waals surface area (Å²) in [5, 5.41) is -0.748. The molecule has 11 nitrogen and oxygen atoms in total. The van der Waals surface area contributed by atoms with E-state index in [1.807, 2.05) is 0 Å². The van der Waals surface area contributed by atoms with Crippen molar-refractivity contribution in [1.82, 2.24) is 29.4 Å². The third-order valence-electron chi connectivity index (χ3n) is 12.4.